The van der Waals surface area contributed by atoms with Gasteiger partial charge in [0.15, 0.2) is 0 Å². The predicted octanol–water partition coefficient (Wildman–Crippen LogP) is 2.99. The van der Waals surface area contributed by atoms with E-state index in [-0.39, 0.29) is 6.03 Å². The van der Waals surface area contributed by atoms with Crippen LogP contribution in [-0.2, 0) is 0 Å². The molecule has 1 aromatic rings. The lowest BCUT2D eigenvalue weighted by Crippen LogP contribution is -2.32. The Morgan fingerprint density at radius 2 is 2.13 bits per heavy atom. The van der Waals surface area contributed by atoms with Crippen molar-refractivity contribution in [2.24, 2.45) is 0 Å². The highest BCUT2D eigenvalue weighted by Gasteiger charge is 2.17. The van der Waals surface area contributed by atoms with Gasteiger partial charge in [0, 0.05) is 22.5 Å². The molecule has 1 fully saturated rings. The van der Waals surface area contributed by atoms with E-state index in [0.717, 1.165) is 28.3 Å². The molecular weight excluding hydrogens is 276 g/mol. The normalized spacial score (nSPS) is 15.4. The molecule has 80 valence electrons. The molecule has 2 rings (SSSR count). The third-order valence-electron chi connectivity index (χ3n) is 2.14. The molecule has 1 saturated heterocycles. The zero-order valence-electron chi connectivity index (χ0n) is 8.07. The molecule has 2 amide bonds. The van der Waals surface area contributed by atoms with E-state index < -0.39 is 0 Å². The van der Waals surface area contributed by atoms with Crippen molar-refractivity contribution in [1.29, 1.82) is 0 Å². The van der Waals surface area contributed by atoms with Gasteiger partial charge in [0.1, 0.15) is 0 Å². The summed E-state index contributed by atoms with van der Waals surface area (Å²) in [5.41, 5.74) is 0.833. The van der Waals surface area contributed by atoms with Crippen LogP contribution in [0.1, 0.15) is 0 Å². The van der Waals surface area contributed by atoms with Crippen LogP contribution in [0.5, 0.6) is 0 Å². The number of hydrogen-bond donors (Lipinski definition) is 1. The Hall–Kier alpha value is -0.680. The molecule has 0 unspecified atom stereocenters. The number of anilines is 1. The Morgan fingerprint density at radius 1 is 1.40 bits per heavy atom. The smallest absolute Gasteiger partial charge is 0.314 e. The molecule has 1 aliphatic rings. The zero-order valence-corrected chi connectivity index (χ0v) is 10.5. The SMILES string of the molecule is O=C(Nc1ccc(Br)cc1)N1CCSC1. The fourth-order valence-electron chi connectivity index (χ4n) is 1.31. The molecule has 0 aromatic heterocycles. The Kier molecular flexibility index (Phi) is 3.53. The van der Waals surface area contributed by atoms with Crippen LogP contribution in [0.15, 0.2) is 28.7 Å². The number of benzene rings is 1. The summed E-state index contributed by atoms with van der Waals surface area (Å²) < 4.78 is 1.01. The molecule has 1 aliphatic heterocycles. The molecule has 1 heterocycles. The number of carbonyl (C=O) groups is 1. The summed E-state index contributed by atoms with van der Waals surface area (Å²) in [4.78, 5) is 13.5. The van der Waals surface area contributed by atoms with Crippen molar-refractivity contribution in [1.82, 2.24) is 4.90 Å². The molecule has 0 spiro atoms. The summed E-state index contributed by atoms with van der Waals surface area (Å²) in [6, 6.07) is 7.57. The average molecular weight is 287 g/mol. The lowest BCUT2D eigenvalue weighted by Gasteiger charge is -2.15. The minimum absolute atomic E-state index is 0.0117. The first-order chi connectivity index (χ1) is 7.25. The minimum Gasteiger partial charge on any atom is -0.314 e. The monoisotopic (exact) mass is 286 g/mol. The van der Waals surface area contributed by atoms with Crippen LogP contribution < -0.4 is 5.32 Å². The number of halogens is 1. The first-order valence-electron chi connectivity index (χ1n) is 4.65. The topological polar surface area (TPSA) is 32.3 Å². The third kappa shape index (κ3) is 2.89. The maximum atomic E-state index is 11.7. The number of urea groups is 1. The third-order valence-corrected chi connectivity index (χ3v) is 3.63. The van der Waals surface area contributed by atoms with E-state index in [2.05, 4.69) is 21.2 Å². The van der Waals surface area contributed by atoms with Crippen LogP contribution in [-0.4, -0.2) is 29.1 Å². The average Bonchev–Trinajstić information content (AvgIpc) is 2.74. The number of thioether (sulfide) groups is 1. The summed E-state index contributed by atoms with van der Waals surface area (Å²) in [6.07, 6.45) is 0. The van der Waals surface area contributed by atoms with Crippen LogP contribution in [0.25, 0.3) is 0 Å². The summed E-state index contributed by atoms with van der Waals surface area (Å²) in [5, 5.41) is 2.86. The fourth-order valence-corrected chi connectivity index (χ4v) is 2.52. The number of nitrogens with zero attached hydrogens (tertiary/aromatic N) is 1. The maximum Gasteiger partial charge on any atom is 0.322 e. The second kappa shape index (κ2) is 4.90. The molecule has 0 saturated carbocycles. The molecule has 0 radical (unpaired) electrons. The number of amides is 2. The van der Waals surface area contributed by atoms with Gasteiger partial charge in [0.2, 0.25) is 0 Å². The first kappa shape index (κ1) is 10.8. The quantitative estimate of drug-likeness (QED) is 0.861. The largest absolute Gasteiger partial charge is 0.322 e. The molecule has 1 aromatic carbocycles. The molecule has 5 heteroatoms. The van der Waals surface area contributed by atoms with Crippen molar-refractivity contribution in [3.8, 4) is 0 Å². The summed E-state index contributed by atoms with van der Waals surface area (Å²) in [5.74, 6) is 1.83. The lowest BCUT2D eigenvalue weighted by atomic mass is 10.3. The van der Waals surface area contributed by atoms with Gasteiger partial charge in [-0.25, -0.2) is 4.79 Å². The summed E-state index contributed by atoms with van der Waals surface area (Å²) in [6.45, 7) is 0.840. The summed E-state index contributed by atoms with van der Waals surface area (Å²) >= 11 is 5.13. The minimum atomic E-state index is -0.0117. The molecule has 0 aliphatic carbocycles. The molecular formula is C10H11BrN2OS. The van der Waals surface area contributed by atoms with Gasteiger partial charge in [-0.15, -0.1) is 11.8 Å². The van der Waals surface area contributed by atoms with Crippen molar-refractivity contribution in [2.45, 2.75) is 0 Å². The number of carbonyl (C=O) groups excluding carboxylic acids is 1. The van der Waals surface area contributed by atoms with E-state index in [1.807, 2.05) is 29.2 Å². The second-order valence-electron chi connectivity index (χ2n) is 3.24. The lowest BCUT2D eigenvalue weighted by molar-refractivity contribution is 0.225. The van der Waals surface area contributed by atoms with Crippen LogP contribution in [0.2, 0.25) is 0 Å². The van der Waals surface area contributed by atoms with Gasteiger partial charge in [-0.05, 0) is 24.3 Å². The Labute approximate surface area is 101 Å². The van der Waals surface area contributed by atoms with Gasteiger partial charge in [-0.3, -0.25) is 0 Å². The highest BCUT2D eigenvalue weighted by molar-refractivity contribution is 9.10. The van der Waals surface area contributed by atoms with E-state index in [0.29, 0.717) is 0 Å². The van der Waals surface area contributed by atoms with Gasteiger partial charge in [-0.2, -0.15) is 0 Å². The van der Waals surface area contributed by atoms with Gasteiger partial charge < -0.3 is 10.2 Å². The standard InChI is InChI=1S/C10H11BrN2OS/c11-8-1-3-9(4-2-8)12-10(14)13-5-6-15-7-13/h1-4H,5-7H2,(H,12,14). The van der Waals surface area contributed by atoms with E-state index in [1.165, 1.54) is 0 Å². The summed E-state index contributed by atoms with van der Waals surface area (Å²) in [7, 11) is 0. The molecule has 3 nitrogen and oxygen atoms in total. The number of nitrogens with one attached hydrogen (secondary N) is 1. The Balaban J connectivity index is 1.96. The predicted molar refractivity (Wildman–Crippen MR) is 67.2 cm³/mol. The van der Waals surface area contributed by atoms with Crippen LogP contribution in [0.4, 0.5) is 10.5 Å². The zero-order chi connectivity index (χ0) is 10.7. The molecule has 15 heavy (non-hydrogen) atoms. The van der Waals surface area contributed by atoms with E-state index in [4.69, 9.17) is 0 Å². The molecule has 1 N–H and O–H groups in total. The molecule has 0 atom stereocenters. The van der Waals surface area contributed by atoms with Crippen LogP contribution in [0.3, 0.4) is 0 Å². The van der Waals surface area contributed by atoms with Gasteiger partial charge in [0.05, 0.1) is 5.88 Å². The van der Waals surface area contributed by atoms with Crippen molar-refractivity contribution >= 4 is 39.4 Å². The fraction of sp³-hybridized carbons (Fsp3) is 0.300. The van der Waals surface area contributed by atoms with Gasteiger partial charge in [-0.1, -0.05) is 15.9 Å². The molecule has 0 bridgehead atoms. The first-order valence-corrected chi connectivity index (χ1v) is 6.60. The number of hydrogen-bond acceptors (Lipinski definition) is 2. The van der Waals surface area contributed by atoms with E-state index in [1.54, 1.807) is 11.8 Å². The van der Waals surface area contributed by atoms with E-state index >= 15 is 0 Å². The van der Waals surface area contributed by atoms with Crippen LogP contribution >= 0.6 is 27.7 Å². The Morgan fingerprint density at radius 3 is 2.73 bits per heavy atom. The number of rotatable bonds is 1. The van der Waals surface area contributed by atoms with Crippen LogP contribution in [0, 0.1) is 0 Å². The van der Waals surface area contributed by atoms with Crippen molar-refractivity contribution in [3.05, 3.63) is 28.7 Å². The Bertz CT molecular complexity index is 349. The van der Waals surface area contributed by atoms with Crippen molar-refractivity contribution < 1.29 is 4.79 Å². The van der Waals surface area contributed by atoms with E-state index in [9.17, 15) is 4.79 Å². The van der Waals surface area contributed by atoms with Gasteiger partial charge >= 0.3 is 6.03 Å². The van der Waals surface area contributed by atoms with Gasteiger partial charge in [0.25, 0.3) is 0 Å². The van der Waals surface area contributed by atoms with Crippen molar-refractivity contribution in [3.63, 3.8) is 0 Å². The highest BCUT2D eigenvalue weighted by Crippen LogP contribution is 2.17. The maximum absolute atomic E-state index is 11.7. The van der Waals surface area contributed by atoms with Crippen molar-refractivity contribution in [2.75, 3.05) is 23.5 Å². The second-order valence-corrected chi connectivity index (χ2v) is 5.23. The highest BCUT2D eigenvalue weighted by atomic mass is 79.9.